The van der Waals surface area contributed by atoms with Gasteiger partial charge in [-0.2, -0.15) is 0 Å². The van der Waals surface area contributed by atoms with Gasteiger partial charge in [-0.3, -0.25) is 4.79 Å². The number of ether oxygens (including phenoxy) is 1. The monoisotopic (exact) mass is 353 g/mol. The summed E-state index contributed by atoms with van der Waals surface area (Å²) >= 11 is 6.58. The Bertz CT molecular complexity index is 354. The topological polar surface area (TPSA) is 42.7 Å². The minimum atomic E-state index is -0.147. The number of nitrogens with zero attached hydrogens (tertiary/aromatic N) is 1. The van der Waals surface area contributed by atoms with Crippen LogP contribution in [-0.4, -0.2) is 42.9 Å². The lowest BCUT2D eigenvalue weighted by atomic mass is 10.3. The number of hydrogen-bond donors (Lipinski definition) is 0. The van der Waals surface area contributed by atoms with Gasteiger partial charge in [0.05, 0.1) is 11.4 Å². The molecule has 1 heterocycles. The maximum atomic E-state index is 11.8. The van der Waals surface area contributed by atoms with Gasteiger partial charge in [0.25, 0.3) is 5.91 Å². The average molecular weight is 355 g/mol. The van der Waals surface area contributed by atoms with E-state index in [1.807, 2.05) is 0 Å². The molecule has 0 bridgehead atoms. The molecule has 0 aliphatic heterocycles. The van der Waals surface area contributed by atoms with Gasteiger partial charge in [0.1, 0.15) is 0 Å². The minimum Gasteiger partial charge on any atom is -0.444 e. The van der Waals surface area contributed by atoms with Crippen molar-refractivity contribution in [1.82, 2.24) is 4.90 Å². The van der Waals surface area contributed by atoms with Crippen LogP contribution in [0, 0.1) is 0 Å². The van der Waals surface area contributed by atoms with Crippen molar-refractivity contribution in [2.75, 3.05) is 27.3 Å². The molecule has 0 saturated heterocycles. The number of amides is 1. The van der Waals surface area contributed by atoms with Crippen molar-refractivity contribution in [2.24, 2.45) is 0 Å². The lowest BCUT2D eigenvalue weighted by Gasteiger charge is -2.18. The van der Waals surface area contributed by atoms with E-state index >= 15 is 0 Å². The van der Waals surface area contributed by atoms with E-state index in [9.17, 15) is 4.79 Å². The molecule has 0 saturated carbocycles. The van der Waals surface area contributed by atoms with Crippen molar-refractivity contribution in [3.05, 3.63) is 22.6 Å². The number of carbonyl (C=O) groups excluding carboxylic acids is 1. The van der Waals surface area contributed by atoms with E-state index in [2.05, 4.69) is 31.9 Å². The molecule has 1 aromatic rings. The Kier molecular flexibility index (Phi) is 5.51. The van der Waals surface area contributed by atoms with Crippen molar-refractivity contribution in [3.63, 3.8) is 0 Å². The number of furan rings is 1. The first-order valence-corrected chi connectivity index (χ1v) is 6.39. The summed E-state index contributed by atoms with van der Waals surface area (Å²) in [4.78, 5) is 13.6. The van der Waals surface area contributed by atoms with Gasteiger partial charge < -0.3 is 14.1 Å². The quantitative estimate of drug-likeness (QED) is 0.763. The third-order valence-corrected chi connectivity index (χ3v) is 2.93. The molecule has 1 aromatic heterocycles. The fourth-order valence-corrected chi connectivity index (χ4v) is 2.24. The van der Waals surface area contributed by atoms with Crippen molar-refractivity contribution in [2.45, 2.75) is 4.83 Å². The van der Waals surface area contributed by atoms with Crippen LogP contribution in [0.2, 0.25) is 0 Å². The zero-order chi connectivity index (χ0) is 12.1. The Labute approximate surface area is 111 Å². The molecule has 0 aliphatic carbocycles. The minimum absolute atomic E-state index is 0.116. The second-order valence-electron chi connectivity index (χ2n) is 3.34. The largest absolute Gasteiger partial charge is 0.444 e. The molecule has 1 atom stereocenters. The summed E-state index contributed by atoms with van der Waals surface area (Å²) in [5, 5.41) is 0. The van der Waals surface area contributed by atoms with Gasteiger partial charge in [0.15, 0.2) is 10.4 Å². The Balaban J connectivity index is 2.54. The van der Waals surface area contributed by atoms with E-state index in [-0.39, 0.29) is 10.7 Å². The first kappa shape index (κ1) is 13.7. The predicted molar refractivity (Wildman–Crippen MR) is 68.0 cm³/mol. The highest BCUT2D eigenvalue weighted by molar-refractivity contribution is 9.10. The SMILES string of the molecule is COCC(Br)CN(C)C(=O)c1ccc(Br)o1. The fourth-order valence-electron chi connectivity index (χ4n) is 1.23. The van der Waals surface area contributed by atoms with E-state index in [4.69, 9.17) is 9.15 Å². The number of halogens is 2. The molecule has 0 radical (unpaired) electrons. The Morgan fingerprint density at radius 2 is 2.31 bits per heavy atom. The van der Waals surface area contributed by atoms with Crippen LogP contribution < -0.4 is 0 Å². The third kappa shape index (κ3) is 3.92. The second-order valence-corrected chi connectivity index (χ2v) is 5.42. The van der Waals surface area contributed by atoms with Crippen LogP contribution in [0.15, 0.2) is 21.2 Å². The highest BCUT2D eigenvalue weighted by Crippen LogP contribution is 2.16. The van der Waals surface area contributed by atoms with Gasteiger partial charge >= 0.3 is 0 Å². The molecule has 0 N–H and O–H groups in total. The summed E-state index contributed by atoms with van der Waals surface area (Å²) in [6.07, 6.45) is 0. The van der Waals surface area contributed by atoms with E-state index in [0.29, 0.717) is 23.6 Å². The molecule has 90 valence electrons. The Morgan fingerprint density at radius 1 is 1.62 bits per heavy atom. The van der Waals surface area contributed by atoms with Crippen molar-refractivity contribution in [1.29, 1.82) is 0 Å². The summed E-state index contributed by atoms with van der Waals surface area (Å²) in [6, 6.07) is 3.34. The summed E-state index contributed by atoms with van der Waals surface area (Å²) < 4.78 is 10.7. The molecule has 0 spiro atoms. The number of carbonyl (C=O) groups is 1. The van der Waals surface area contributed by atoms with Gasteiger partial charge in [0.2, 0.25) is 0 Å². The van der Waals surface area contributed by atoms with E-state index in [1.54, 1.807) is 31.2 Å². The summed E-state index contributed by atoms with van der Waals surface area (Å²) in [6.45, 7) is 1.12. The molecule has 1 rings (SSSR count). The predicted octanol–water partition coefficient (Wildman–Crippen LogP) is 2.52. The average Bonchev–Trinajstić information content (AvgIpc) is 2.64. The first-order chi connectivity index (χ1) is 7.54. The van der Waals surface area contributed by atoms with Crippen LogP contribution in [0.25, 0.3) is 0 Å². The third-order valence-electron chi connectivity index (χ3n) is 1.95. The van der Waals surface area contributed by atoms with Crippen LogP contribution in [0.4, 0.5) is 0 Å². The molecule has 1 unspecified atom stereocenters. The maximum absolute atomic E-state index is 11.8. The molecular weight excluding hydrogens is 342 g/mol. The molecule has 1 amide bonds. The van der Waals surface area contributed by atoms with Crippen molar-refractivity contribution >= 4 is 37.8 Å². The van der Waals surface area contributed by atoms with Crippen molar-refractivity contribution < 1.29 is 13.9 Å². The van der Waals surface area contributed by atoms with Gasteiger partial charge in [-0.25, -0.2) is 0 Å². The van der Waals surface area contributed by atoms with E-state index in [1.165, 1.54) is 0 Å². The molecular formula is C10H13Br2NO3. The summed E-state index contributed by atoms with van der Waals surface area (Å²) in [5.74, 6) is 0.178. The van der Waals surface area contributed by atoms with Crippen molar-refractivity contribution in [3.8, 4) is 0 Å². The highest BCUT2D eigenvalue weighted by atomic mass is 79.9. The van der Waals surface area contributed by atoms with Crippen LogP contribution in [0.5, 0.6) is 0 Å². The van der Waals surface area contributed by atoms with Crippen LogP contribution >= 0.6 is 31.9 Å². The van der Waals surface area contributed by atoms with Gasteiger partial charge in [-0.05, 0) is 28.1 Å². The fraction of sp³-hybridized carbons (Fsp3) is 0.500. The van der Waals surface area contributed by atoms with E-state index < -0.39 is 0 Å². The normalized spacial score (nSPS) is 12.5. The smallest absolute Gasteiger partial charge is 0.289 e. The van der Waals surface area contributed by atoms with Gasteiger partial charge in [-0.15, -0.1) is 0 Å². The lowest BCUT2D eigenvalue weighted by molar-refractivity contribution is 0.0751. The van der Waals surface area contributed by atoms with E-state index in [0.717, 1.165) is 0 Å². The van der Waals surface area contributed by atoms with Crippen LogP contribution in [-0.2, 0) is 4.74 Å². The highest BCUT2D eigenvalue weighted by Gasteiger charge is 2.18. The standard InChI is InChI=1S/C10H13Br2NO3/c1-13(5-7(11)6-15-2)10(14)8-3-4-9(12)16-8/h3-4,7H,5-6H2,1-2H3. The lowest BCUT2D eigenvalue weighted by Crippen LogP contribution is -2.33. The molecule has 0 aliphatic rings. The second kappa shape index (κ2) is 6.42. The zero-order valence-corrected chi connectivity index (χ0v) is 12.2. The molecule has 4 nitrogen and oxygen atoms in total. The number of rotatable bonds is 5. The van der Waals surface area contributed by atoms with Crippen LogP contribution in [0.3, 0.4) is 0 Å². The number of hydrogen-bond acceptors (Lipinski definition) is 3. The zero-order valence-electron chi connectivity index (χ0n) is 9.07. The molecule has 0 aromatic carbocycles. The Morgan fingerprint density at radius 3 is 2.81 bits per heavy atom. The van der Waals surface area contributed by atoms with Crippen LogP contribution in [0.1, 0.15) is 10.6 Å². The maximum Gasteiger partial charge on any atom is 0.289 e. The van der Waals surface area contributed by atoms with Gasteiger partial charge in [-0.1, -0.05) is 15.9 Å². The molecule has 16 heavy (non-hydrogen) atoms. The first-order valence-electron chi connectivity index (χ1n) is 4.68. The number of alkyl halides is 1. The molecule has 6 heteroatoms. The summed E-state index contributed by atoms with van der Waals surface area (Å²) in [5.41, 5.74) is 0. The van der Waals surface area contributed by atoms with Gasteiger partial charge in [0, 0.05) is 20.7 Å². The molecule has 0 fully saturated rings. The number of methoxy groups -OCH3 is 1. The Hall–Kier alpha value is -0.330. The summed E-state index contributed by atoms with van der Waals surface area (Å²) in [7, 11) is 3.35.